The van der Waals surface area contributed by atoms with Crippen molar-refractivity contribution >= 4 is 28.9 Å². The molecule has 0 aromatic carbocycles. The molecule has 0 aliphatic heterocycles. The quantitative estimate of drug-likeness (QED) is 0.263. The number of carbonyl (C=O) groups excluding carboxylic acids is 4. The Labute approximate surface area is 259 Å². The molecule has 0 unspecified atom stereocenters. The monoisotopic (exact) mass is 632 g/mol. The molecule has 2 N–H and O–H groups in total. The van der Waals surface area contributed by atoms with E-state index in [1.165, 1.54) is 38.5 Å². The van der Waals surface area contributed by atoms with Gasteiger partial charge < -0.3 is 19.1 Å². The number of aliphatic hydroxyl groups is 2. The van der Waals surface area contributed by atoms with E-state index >= 15 is 0 Å². The van der Waals surface area contributed by atoms with Gasteiger partial charge in [0.1, 0.15) is 0 Å². The van der Waals surface area contributed by atoms with Gasteiger partial charge in [-0.25, -0.2) is 0 Å². The van der Waals surface area contributed by atoms with Crippen molar-refractivity contribution in [3.05, 3.63) is 0 Å². The minimum atomic E-state index is -1.68. The molecule has 2 aliphatic carbocycles. The van der Waals surface area contributed by atoms with E-state index in [2.05, 4.69) is 81.6 Å². The standard InChI is InChI=1S/C16H34OSi.C14H30O3Si.2CO2/c1-8-16(9-2)12-10-14(11-13-16)17-18(6,7)15(3,4)5;1-13(2,3)18(4,5)17-12-6-8-14(10-15,11-16)9-7-12;2*2-1-3/h14H,8-13H2,1-7H3;12,15-16H,6-11H2,1-5H3;;. The molecule has 2 aliphatic rings. The summed E-state index contributed by atoms with van der Waals surface area (Å²) in [6.07, 6.45) is 13.0. The van der Waals surface area contributed by atoms with Crippen LogP contribution in [0.25, 0.3) is 0 Å². The van der Waals surface area contributed by atoms with Gasteiger partial charge in [0.15, 0.2) is 16.6 Å². The van der Waals surface area contributed by atoms with Crippen molar-refractivity contribution in [2.75, 3.05) is 13.2 Å². The molecular weight excluding hydrogens is 569 g/mol. The van der Waals surface area contributed by atoms with Crippen molar-refractivity contribution in [2.45, 2.75) is 168 Å². The van der Waals surface area contributed by atoms with Gasteiger partial charge in [0.2, 0.25) is 0 Å². The van der Waals surface area contributed by atoms with Crippen molar-refractivity contribution in [3.63, 3.8) is 0 Å². The summed E-state index contributed by atoms with van der Waals surface area (Å²) in [6.45, 7) is 28.0. The topological polar surface area (TPSA) is 127 Å². The van der Waals surface area contributed by atoms with Crippen LogP contribution in [-0.4, -0.2) is 64.6 Å². The normalized spacial score (nSPS) is 19.4. The molecule has 2 fully saturated rings. The molecule has 0 heterocycles. The maximum atomic E-state index is 9.40. The number of aliphatic hydroxyl groups excluding tert-OH is 2. The van der Waals surface area contributed by atoms with Crippen LogP contribution < -0.4 is 0 Å². The summed E-state index contributed by atoms with van der Waals surface area (Å²) in [6, 6.07) is 0. The van der Waals surface area contributed by atoms with Gasteiger partial charge in [0, 0.05) is 17.6 Å². The van der Waals surface area contributed by atoms with E-state index in [9.17, 15) is 10.2 Å². The zero-order chi connectivity index (χ0) is 33.5. The van der Waals surface area contributed by atoms with Gasteiger partial charge >= 0.3 is 12.3 Å². The van der Waals surface area contributed by atoms with Gasteiger partial charge in [-0.05, 0) is 93.0 Å². The minimum Gasteiger partial charge on any atom is -0.414 e. The molecule has 0 saturated heterocycles. The summed E-state index contributed by atoms with van der Waals surface area (Å²) in [5.74, 6) is 0. The first kappa shape index (κ1) is 43.2. The predicted octanol–water partition coefficient (Wildman–Crippen LogP) is 7.51. The van der Waals surface area contributed by atoms with Crippen molar-refractivity contribution in [2.24, 2.45) is 10.8 Å². The van der Waals surface area contributed by atoms with Crippen molar-refractivity contribution in [1.29, 1.82) is 0 Å². The van der Waals surface area contributed by atoms with E-state index in [0.29, 0.717) is 22.7 Å². The summed E-state index contributed by atoms with van der Waals surface area (Å²) in [7, 11) is -3.24. The van der Waals surface area contributed by atoms with Gasteiger partial charge in [-0.3, -0.25) is 0 Å². The molecule has 0 radical (unpaired) electrons. The third kappa shape index (κ3) is 14.2. The molecule has 0 atom stereocenters. The Bertz CT molecular complexity index is 721. The molecule has 2 saturated carbocycles. The van der Waals surface area contributed by atoms with E-state index in [4.69, 9.17) is 28.0 Å². The fourth-order valence-electron chi connectivity index (χ4n) is 5.15. The van der Waals surface area contributed by atoms with E-state index in [1.807, 2.05) is 0 Å². The smallest absolute Gasteiger partial charge is 0.373 e. The SMILES string of the molecule is CC(C)(C)[Si](C)(C)OC1CCC(CO)(CO)CC1.CCC1(CC)CCC(O[Si](C)(C)C(C)(C)C)CC1.O=C=O.O=C=O. The average Bonchev–Trinajstić information content (AvgIpc) is 2.90. The van der Waals surface area contributed by atoms with Crippen LogP contribution in [-0.2, 0) is 28.0 Å². The van der Waals surface area contributed by atoms with E-state index in [1.54, 1.807) is 0 Å². The maximum Gasteiger partial charge on any atom is 0.373 e. The second kappa shape index (κ2) is 18.8. The first-order chi connectivity index (χ1) is 19.1. The van der Waals surface area contributed by atoms with Gasteiger partial charge in [0.25, 0.3) is 0 Å². The zero-order valence-corrected chi connectivity index (χ0v) is 31.0. The highest BCUT2D eigenvalue weighted by atomic mass is 28.4. The van der Waals surface area contributed by atoms with Crippen LogP contribution >= 0.6 is 0 Å². The lowest BCUT2D eigenvalue weighted by Crippen LogP contribution is -2.46. The van der Waals surface area contributed by atoms with Gasteiger partial charge in [-0.15, -0.1) is 0 Å². The van der Waals surface area contributed by atoms with Crippen LogP contribution in [0, 0.1) is 10.8 Å². The Morgan fingerprint density at radius 1 is 0.619 bits per heavy atom. The van der Waals surface area contributed by atoms with Crippen LogP contribution in [0.2, 0.25) is 36.3 Å². The zero-order valence-electron chi connectivity index (χ0n) is 29.0. The predicted molar refractivity (Wildman–Crippen MR) is 171 cm³/mol. The van der Waals surface area contributed by atoms with Crippen molar-refractivity contribution in [3.8, 4) is 0 Å². The van der Waals surface area contributed by atoms with Crippen LogP contribution in [0.1, 0.15) is 120 Å². The molecule has 0 amide bonds. The Balaban J connectivity index is 0. The second-order valence-electron chi connectivity index (χ2n) is 15.3. The number of hydrogen-bond acceptors (Lipinski definition) is 8. The molecule has 248 valence electrons. The summed E-state index contributed by atoms with van der Waals surface area (Å²) in [5.41, 5.74) is 0.376. The van der Waals surface area contributed by atoms with E-state index in [0.717, 1.165) is 25.7 Å². The van der Waals surface area contributed by atoms with Crippen molar-refractivity contribution < 1.29 is 38.2 Å². The van der Waals surface area contributed by atoms with Crippen LogP contribution in [0.3, 0.4) is 0 Å². The van der Waals surface area contributed by atoms with Crippen LogP contribution in [0.4, 0.5) is 0 Å². The Morgan fingerprint density at radius 3 is 1.05 bits per heavy atom. The third-order valence-corrected chi connectivity index (χ3v) is 19.8. The lowest BCUT2D eigenvalue weighted by atomic mass is 9.70. The highest BCUT2D eigenvalue weighted by Crippen LogP contribution is 2.45. The molecule has 0 aromatic rings. The van der Waals surface area contributed by atoms with Gasteiger partial charge in [0.05, 0.1) is 13.2 Å². The molecule has 42 heavy (non-hydrogen) atoms. The molecule has 0 bridgehead atoms. The maximum absolute atomic E-state index is 9.40. The van der Waals surface area contributed by atoms with E-state index in [-0.39, 0.29) is 36.0 Å². The molecule has 2 rings (SSSR count). The second-order valence-corrected chi connectivity index (χ2v) is 24.9. The molecule has 0 aromatic heterocycles. The summed E-state index contributed by atoms with van der Waals surface area (Å²) < 4.78 is 13.0. The lowest BCUT2D eigenvalue weighted by Gasteiger charge is -2.44. The molecule has 8 nitrogen and oxygen atoms in total. The van der Waals surface area contributed by atoms with E-state index < -0.39 is 16.6 Å². The number of rotatable bonds is 8. The fourth-order valence-corrected chi connectivity index (χ4v) is 8.00. The lowest BCUT2D eigenvalue weighted by molar-refractivity contribution is -0.193. The summed E-state index contributed by atoms with van der Waals surface area (Å²) >= 11 is 0. The Kier molecular flexibility index (Phi) is 19.3. The fraction of sp³-hybridized carbons (Fsp3) is 0.938. The summed E-state index contributed by atoms with van der Waals surface area (Å²) in [4.78, 5) is 32.5. The Morgan fingerprint density at radius 2 is 0.857 bits per heavy atom. The molecule has 0 spiro atoms. The molecular formula is C32H64O8Si2. The highest BCUT2D eigenvalue weighted by Gasteiger charge is 2.43. The van der Waals surface area contributed by atoms with Gasteiger partial charge in [-0.1, -0.05) is 68.2 Å². The average molecular weight is 633 g/mol. The van der Waals surface area contributed by atoms with Crippen LogP contribution in [0.15, 0.2) is 0 Å². The highest BCUT2D eigenvalue weighted by molar-refractivity contribution is 6.74. The van der Waals surface area contributed by atoms with Crippen molar-refractivity contribution in [1.82, 2.24) is 0 Å². The van der Waals surface area contributed by atoms with Gasteiger partial charge in [-0.2, -0.15) is 19.2 Å². The Hall–Kier alpha value is -0.966. The third-order valence-electron chi connectivity index (χ3n) is 10.7. The summed E-state index contributed by atoms with van der Waals surface area (Å²) in [5, 5.41) is 19.4. The first-order valence-electron chi connectivity index (χ1n) is 15.7. The number of hydrogen-bond donors (Lipinski definition) is 2. The largest absolute Gasteiger partial charge is 0.414 e. The van der Waals surface area contributed by atoms with Crippen LogP contribution in [0.5, 0.6) is 0 Å². The minimum absolute atomic E-state index is 0.0936. The molecule has 10 heteroatoms. The first-order valence-corrected chi connectivity index (χ1v) is 21.5.